The van der Waals surface area contributed by atoms with Gasteiger partial charge in [0.2, 0.25) is 0 Å². The first-order valence-corrected chi connectivity index (χ1v) is 8.21. The Kier molecular flexibility index (Phi) is 6.69. The van der Waals surface area contributed by atoms with Crippen molar-refractivity contribution in [2.24, 2.45) is 0 Å². The van der Waals surface area contributed by atoms with Crippen LogP contribution in [0.5, 0.6) is 5.75 Å². The zero-order valence-electron chi connectivity index (χ0n) is 13.6. The summed E-state index contributed by atoms with van der Waals surface area (Å²) in [5.74, 6) is 0.969. The van der Waals surface area contributed by atoms with Crippen LogP contribution in [0.15, 0.2) is 36.4 Å². The van der Waals surface area contributed by atoms with E-state index >= 15 is 0 Å². The second-order valence-electron chi connectivity index (χ2n) is 5.89. The van der Waals surface area contributed by atoms with Gasteiger partial charge in [-0.3, -0.25) is 0 Å². The number of unbranched alkanes of at least 4 members (excludes halogenated alkanes) is 2. The van der Waals surface area contributed by atoms with E-state index in [-0.39, 0.29) is 12.7 Å². The molecule has 0 bridgehead atoms. The summed E-state index contributed by atoms with van der Waals surface area (Å²) in [5.41, 5.74) is 1.23. The summed E-state index contributed by atoms with van der Waals surface area (Å²) in [6, 6.07) is 12.6. The Bertz CT molecular complexity index is 581. The minimum Gasteiger partial charge on any atom is -0.491 e. The summed E-state index contributed by atoms with van der Waals surface area (Å²) in [6.07, 6.45) is 3.21. The maximum atomic E-state index is 8.80. The zero-order valence-corrected chi connectivity index (χ0v) is 13.6. The molecule has 22 heavy (non-hydrogen) atoms. The molecule has 0 atom stereocenters. The topological polar surface area (TPSA) is 41.5 Å². The highest BCUT2D eigenvalue weighted by Gasteiger charge is 2.09. The Morgan fingerprint density at radius 1 is 1.05 bits per heavy atom. The van der Waals surface area contributed by atoms with Crippen molar-refractivity contribution in [3.05, 3.63) is 42.0 Å². The lowest BCUT2D eigenvalue weighted by Gasteiger charge is -2.17. The minimum absolute atomic E-state index is 0.171. The van der Waals surface area contributed by atoms with E-state index < -0.39 is 0 Å². The largest absolute Gasteiger partial charge is 0.491 e. The normalized spacial score (nSPS) is 11.3. The van der Waals surface area contributed by atoms with Crippen LogP contribution in [0.4, 0.5) is 0 Å². The van der Waals surface area contributed by atoms with E-state index in [0.29, 0.717) is 0 Å². The summed E-state index contributed by atoms with van der Waals surface area (Å²) < 4.78 is 5.98. The SMILES string of the molecule is CC(C)Oc1ccc2ccccc2c1CNCCCCCO. The second kappa shape index (κ2) is 8.76. The van der Waals surface area contributed by atoms with Crippen molar-refractivity contribution >= 4 is 10.8 Å². The first-order chi connectivity index (χ1) is 10.7. The molecule has 0 aliphatic carbocycles. The molecule has 2 aromatic carbocycles. The lowest BCUT2D eigenvalue weighted by Crippen LogP contribution is -2.17. The summed E-state index contributed by atoms with van der Waals surface area (Å²) >= 11 is 0. The smallest absolute Gasteiger partial charge is 0.124 e. The number of hydrogen-bond donors (Lipinski definition) is 2. The molecule has 0 saturated heterocycles. The molecule has 0 aromatic heterocycles. The van der Waals surface area contributed by atoms with Gasteiger partial charge in [0.25, 0.3) is 0 Å². The summed E-state index contributed by atoms with van der Waals surface area (Å²) in [7, 11) is 0. The number of rotatable bonds is 9. The van der Waals surface area contributed by atoms with Gasteiger partial charge in [-0.15, -0.1) is 0 Å². The van der Waals surface area contributed by atoms with Crippen LogP contribution in [0, 0.1) is 0 Å². The molecule has 120 valence electrons. The van der Waals surface area contributed by atoms with Crippen LogP contribution in [0.25, 0.3) is 10.8 Å². The molecule has 0 aliphatic rings. The number of nitrogens with one attached hydrogen (secondary N) is 1. The minimum atomic E-state index is 0.171. The first-order valence-electron chi connectivity index (χ1n) is 8.21. The van der Waals surface area contributed by atoms with Crippen molar-refractivity contribution in [3.63, 3.8) is 0 Å². The molecule has 2 rings (SSSR count). The zero-order chi connectivity index (χ0) is 15.8. The predicted molar refractivity (Wildman–Crippen MR) is 92.4 cm³/mol. The van der Waals surface area contributed by atoms with Crippen molar-refractivity contribution < 1.29 is 9.84 Å². The number of aliphatic hydroxyl groups is 1. The highest BCUT2D eigenvalue weighted by atomic mass is 16.5. The van der Waals surface area contributed by atoms with Crippen molar-refractivity contribution in [1.82, 2.24) is 5.32 Å². The highest BCUT2D eigenvalue weighted by molar-refractivity contribution is 5.87. The third-order valence-corrected chi connectivity index (χ3v) is 3.67. The molecule has 3 nitrogen and oxygen atoms in total. The predicted octanol–water partition coefficient (Wildman–Crippen LogP) is 3.88. The molecule has 2 aromatic rings. The fourth-order valence-corrected chi connectivity index (χ4v) is 2.61. The fraction of sp³-hybridized carbons (Fsp3) is 0.474. The second-order valence-corrected chi connectivity index (χ2v) is 5.89. The van der Waals surface area contributed by atoms with Crippen LogP contribution in [0.2, 0.25) is 0 Å². The van der Waals surface area contributed by atoms with Gasteiger partial charge in [-0.25, -0.2) is 0 Å². The molecule has 0 spiro atoms. The van der Waals surface area contributed by atoms with Crippen LogP contribution in [-0.2, 0) is 6.54 Å². The van der Waals surface area contributed by atoms with Crippen LogP contribution >= 0.6 is 0 Å². The molecule has 0 saturated carbocycles. The van der Waals surface area contributed by atoms with Crippen LogP contribution < -0.4 is 10.1 Å². The van der Waals surface area contributed by atoms with Crippen molar-refractivity contribution in [3.8, 4) is 5.75 Å². The van der Waals surface area contributed by atoms with E-state index in [9.17, 15) is 0 Å². The Morgan fingerprint density at radius 2 is 1.86 bits per heavy atom. The van der Waals surface area contributed by atoms with E-state index in [4.69, 9.17) is 9.84 Å². The molecule has 0 fully saturated rings. The highest BCUT2D eigenvalue weighted by Crippen LogP contribution is 2.28. The average Bonchev–Trinajstić information content (AvgIpc) is 2.51. The fourth-order valence-electron chi connectivity index (χ4n) is 2.61. The third kappa shape index (κ3) is 4.72. The lowest BCUT2D eigenvalue weighted by molar-refractivity contribution is 0.240. The van der Waals surface area contributed by atoms with E-state index in [1.807, 2.05) is 0 Å². The quantitative estimate of drug-likeness (QED) is 0.691. The van der Waals surface area contributed by atoms with Crippen molar-refractivity contribution in [1.29, 1.82) is 0 Å². The van der Waals surface area contributed by atoms with Crippen LogP contribution in [0.1, 0.15) is 38.7 Å². The van der Waals surface area contributed by atoms with Crippen molar-refractivity contribution in [2.45, 2.75) is 45.8 Å². The lowest BCUT2D eigenvalue weighted by atomic mass is 10.0. The number of benzene rings is 2. The maximum absolute atomic E-state index is 8.80. The Morgan fingerprint density at radius 3 is 2.64 bits per heavy atom. The number of ether oxygens (including phenoxy) is 1. The number of fused-ring (bicyclic) bond motifs is 1. The van der Waals surface area contributed by atoms with Gasteiger partial charge in [-0.05, 0) is 56.5 Å². The molecular formula is C19H27NO2. The average molecular weight is 301 g/mol. The summed E-state index contributed by atoms with van der Waals surface area (Å²) in [6.45, 7) is 6.17. The van der Waals surface area contributed by atoms with Gasteiger partial charge >= 0.3 is 0 Å². The third-order valence-electron chi connectivity index (χ3n) is 3.67. The summed E-state index contributed by atoms with van der Waals surface area (Å²) in [4.78, 5) is 0. The van der Waals surface area contributed by atoms with Gasteiger partial charge in [-0.1, -0.05) is 30.3 Å². The van der Waals surface area contributed by atoms with Crippen LogP contribution in [0.3, 0.4) is 0 Å². The van der Waals surface area contributed by atoms with Gasteiger partial charge in [0.15, 0.2) is 0 Å². The molecule has 0 heterocycles. The number of aliphatic hydroxyl groups excluding tert-OH is 1. The Balaban J connectivity index is 2.10. The van der Waals surface area contributed by atoms with E-state index in [1.54, 1.807) is 0 Å². The monoisotopic (exact) mass is 301 g/mol. The van der Waals surface area contributed by atoms with Crippen LogP contribution in [-0.4, -0.2) is 24.4 Å². The van der Waals surface area contributed by atoms with E-state index in [1.165, 1.54) is 16.3 Å². The van der Waals surface area contributed by atoms with Gasteiger partial charge in [0, 0.05) is 18.7 Å². The van der Waals surface area contributed by atoms with Gasteiger partial charge in [0.05, 0.1) is 6.10 Å². The van der Waals surface area contributed by atoms with Crippen molar-refractivity contribution in [2.75, 3.05) is 13.2 Å². The molecule has 3 heteroatoms. The number of hydrogen-bond acceptors (Lipinski definition) is 3. The molecule has 0 unspecified atom stereocenters. The van der Waals surface area contributed by atoms with E-state index in [0.717, 1.165) is 38.1 Å². The molecule has 2 N–H and O–H groups in total. The maximum Gasteiger partial charge on any atom is 0.124 e. The Labute approximate surface area is 133 Å². The molecule has 0 amide bonds. The summed E-state index contributed by atoms with van der Waals surface area (Å²) in [5, 5.41) is 14.8. The standard InChI is InChI=1S/C19H27NO2/c1-15(2)22-19-11-10-16-8-4-5-9-17(16)18(19)14-20-12-6-3-7-13-21/h4-5,8-11,15,20-21H,3,6-7,12-14H2,1-2H3. The van der Waals surface area contributed by atoms with Gasteiger partial charge in [0.1, 0.15) is 5.75 Å². The van der Waals surface area contributed by atoms with Gasteiger partial charge < -0.3 is 15.2 Å². The molecule has 0 aliphatic heterocycles. The molecule has 0 radical (unpaired) electrons. The Hall–Kier alpha value is -1.58. The molecular weight excluding hydrogens is 274 g/mol. The van der Waals surface area contributed by atoms with E-state index in [2.05, 4.69) is 55.6 Å². The van der Waals surface area contributed by atoms with Gasteiger partial charge in [-0.2, -0.15) is 0 Å². The first kappa shape index (κ1) is 16.8.